The Morgan fingerprint density at radius 2 is 1.93 bits per heavy atom. The van der Waals surface area contributed by atoms with E-state index in [9.17, 15) is 13.2 Å². The van der Waals surface area contributed by atoms with Crippen LogP contribution in [0.2, 0.25) is 0 Å². The van der Waals surface area contributed by atoms with E-state index in [4.69, 9.17) is 9.47 Å². The van der Waals surface area contributed by atoms with Crippen LogP contribution in [0, 0.1) is 0 Å². The lowest BCUT2D eigenvalue weighted by Gasteiger charge is -2.12. The number of ether oxygens (including phenoxy) is 2. The molecular formula is C22H28N2O5S. The van der Waals surface area contributed by atoms with Crippen LogP contribution in [-0.2, 0) is 14.8 Å². The number of carbonyl (C=O) groups is 1. The third-order valence-corrected chi connectivity index (χ3v) is 5.61. The van der Waals surface area contributed by atoms with Gasteiger partial charge in [-0.25, -0.2) is 13.1 Å². The molecular weight excluding hydrogens is 404 g/mol. The number of allylic oxidation sites excluding steroid dienone is 1. The second kappa shape index (κ2) is 11.4. The molecule has 1 amide bonds. The van der Waals surface area contributed by atoms with E-state index in [0.29, 0.717) is 23.7 Å². The summed E-state index contributed by atoms with van der Waals surface area (Å²) in [5.74, 6) is 0.546. The van der Waals surface area contributed by atoms with Crippen molar-refractivity contribution in [2.45, 2.75) is 31.6 Å². The molecule has 0 unspecified atom stereocenters. The fourth-order valence-corrected chi connectivity index (χ4v) is 3.77. The lowest BCUT2D eigenvalue weighted by Crippen LogP contribution is -2.25. The summed E-state index contributed by atoms with van der Waals surface area (Å²) < 4.78 is 38.1. The first-order chi connectivity index (χ1) is 14.4. The summed E-state index contributed by atoms with van der Waals surface area (Å²) in [6.45, 7) is 4.03. The monoisotopic (exact) mass is 432 g/mol. The molecule has 2 aromatic rings. The molecule has 0 radical (unpaired) electrons. The second-order valence-corrected chi connectivity index (χ2v) is 8.29. The molecule has 0 bridgehead atoms. The first kappa shape index (κ1) is 23.4. The molecule has 2 rings (SSSR count). The van der Waals surface area contributed by atoms with Crippen LogP contribution in [0.5, 0.6) is 11.5 Å². The van der Waals surface area contributed by atoms with Crippen molar-refractivity contribution in [3.05, 3.63) is 54.1 Å². The third-order valence-electron chi connectivity index (χ3n) is 4.16. The summed E-state index contributed by atoms with van der Waals surface area (Å²) >= 11 is 0. The minimum absolute atomic E-state index is 0.0959. The van der Waals surface area contributed by atoms with E-state index in [-0.39, 0.29) is 11.5 Å². The zero-order valence-electron chi connectivity index (χ0n) is 17.5. The molecule has 30 heavy (non-hydrogen) atoms. The molecule has 0 spiro atoms. The Kier molecular flexibility index (Phi) is 8.89. The Labute approximate surface area is 178 Å². The van der Waals surface area contributed by atoms with E-state index in [1.54, 1.807) is 18.2 Å². The van der Waals surface area contributed by atoms with Crippen molar-refractivity contribution in [3.8, 4) is 11.5 Å². The van der Waals surface area contributed by atoms with Crippen molar-refractivity contribution in [1.29, 1.82) is 0 Å². The van der Waals surface area contributed by atoms with Gasteiger partial charge in [-0.1, -0.05) is 37.6 Å². The van der Waals surface area contributed by atoms with Crippen molar-refractivity contribution < 1.29 is 22.7 Å². The SMILES string of the molecule is C/C=C/c1ccc(OCC(=O)Nc2cccc(S(=O)(=O)NCCCC)c2)c(OC)c1. The van der Waals surface area contributed by atoms with E-state index in [1.165, 1.54) is 19.2 Å². The predicted octanol–water partition coefficient (Wildman–Crippen LogP) is 3.82. The van der Waals surface area contributed by atoms with E-state index >= 15 is 0 Å². The van der Waals surface area contributed by atoms with E-state index < -0.39 is 15.9 Å². The number of benzene rings is 2. The fraction of sp³-hybridized carbons (Fsp3) is 0.318. The smallest absolute Gasteiger partial charge is 0.262 e. The lowest BCUT2D eigenvalue weighted by atomic mass is 10.2. The largest absolute Gasteiger partial charge is 0.493 e. The highest BCUT2D eigenvalue weighted by Gasteiger charge is 2.14. The molecule has 0 saturated carbocycles. The number of anilines is 1. The van der Waals surface area contributed by atoms with Crippen LogP contribution in [0.1, 0.15) is 32.3 Å². The quantitative estimate of drug-likeness (QED) is 0.527. The van der Waals surface area contributed by atoms with Gasteiger partial charge in [-0.3, -0.25) is 4.79 Å². The number of hydrogen-bond acceptors (Lipinski definition) is 5. The molecule has 7 nitrogen and oxygen atoms in total. The van der Waals surface area contributed by atoms with Crippen LogP contribution in [0.3, 0.4) is 0 Å². The zero-order chi connectivity index (χ0) is 22.0. The highest BCUT2D eigenvalue weighted by molar-refractivity contribution is 7.89. The average Bonchev–Trinajstić information content (AvgIpc) is 2.73. The number of nitrogens with one attached hydrogen (secondary N) is 2. The number of amides is 1. The van der Waals surface area contributed by atoms with Crippen LogP contribution < -0.4 is 19.5 Å². The van der Waals surface area contributed by atoms with Crippen molar-refractivity contribution in [2.24, 2.45) is 0 Å². The first-order valence-corrected chi connectivity index (χ1v) is 11.2. The molecule has 2 N–H and O–H groups in total. The van der Waals surface area contributed by atoms with E-state index in [1.807, 2.05) is 38.1 Å². The van der Waals surface area contributed by atoms with Gasteiger partial charge >= 0.3 is 0 Å². The maximum atomic E-state index is 12.3. The van der Waals surface area contributed by atoms with Crippen molar-refractivity contribution in [1.82, 2.24) is 4.72 Å². The summed E-state index contributed by atoms with van der Waals surface area (Å²) in [5.41, 5.74) is 1.33. The van der Waals surface area contributed by atoms with Gasteiger partial charge < -0.3 is 14.8 Å². The molecule has 0 aliphatic rings. The summed E-state index contributed by atoms with van der Waals surface area (Å²) in [6.07, 6.45) is 5.49. The summed E-state index contributed by atoms with van der Waals surface area (Å²) in [6, 6.07) is 11.5. The molecule has 162 valence electrons. The maximum Gasteiger partial charge on any atom is 0.262 e. The highest BCUT2D eigenvalue weighted by atomic mass is 32.2. The molecule has 0 fully saturated rings. The first-order valence-electron chi connectivity index (χ1n) is 9.72. The summed E-state index contributed by atoms with van der Waals surface area (Å²) in [5, 5.41) is 2.65. The molecule has 0 atom stereocenters. The molecule has 0 aliphatic carbocycles. The molecule has 0 aliphatic heterocycles. The van der Waals surface area contributed by atoms with Crippen LogP contribution in [-0.4, -0.2) is 34.6 Å². The summed E-state index contributed by atoms with van der Waals surface area (Å²) in [4.78, 5) is 12.4. The summed E-state index contributed by atoms with van der Waals surface area (Å²) in [7, 11) is -2.09. The van der Waals surface area contributed by atoms with Gasteiger partial charge in [0.2, 0.25) is 10.0 Å². The number of carbonyl (C=O) groups excluding carboxylic acids is 1. The maximum absolute atomic E-state index is 12.3. The molecule has 0 heterocycles. The Bertz CT molecular complexity index is 987. The van der Waals surface area contributed by atoms with Gasteiger partial charge in [-0.05, 0) is 49.2 Å². The number of unbranched alkanes of at least 4 members (excludes halogenated alkanes) is 1. The molecule has 0 saturated heterocycles. The second-order valence-electron chi connectivity index (χ2n) is 6.53. The number of methoxy groups -OCH3 is 1. The Hall–Kier alpha value is -2.84. The van der Waals surface area contributed by atoms with Crippen molar-refractivity contribution in [3.63, 3.8) is 0 Å². The Balaban J connectivity index is 2.00. The van der Waals surface area contributed by atoms with Gasteiger partial charge in [0, 0.05) is 12.2 Å². The van der Waals surface area contributed by atoms with Gasteiger partial charge in [0.15, 0.2) is 18.1 Å². The molecule has 8 heteroatoms. The topological polar surface area (TPSA) is 93.7 Å². The van der Waals surface area contributed by atoms with Crippen LogP contribution in [0.4, 0.5) is 5.69 Å². The third kappa shape index (κ3) is 6.89. The van der Waals surface area contributed by atoms with Gasteiger partial charge in [-0.2, -0.15) is 0 Å². The average molecular weight is 433 g/mol. The number of rotatable bonds is 11. The van der Waals surface area contributed by atoms with E-state index in [0.717, 1.165) is 18.4 Å². The molecule has 2 aromatic carbocycles. The minimum atomic E-state index is -3.62. The standard InChI is InChI=1S/C22H28N2O5S/c1-4-6-13-23-30(26,27)19-10-7-9-18(15-19)24-22(25)16-29-20-12-11-17(8-5-2)14-21(20)28-3/h5,7-12,14-15,23H,4,6,13,16H2,1-3H3,(H,24,25)/b8-5+. The number of sulfonamides is 1. The van der Waals surface area contributed by atoms with E-state index in [2.05, 4.69) is 10.0 Å². The van der Waals surface area contributed by atoms with Gasteiger partial charge in [0.05, 0.1) is 12.0 Å². The zero-order valence-corrected chi connectivity index (χ0v) is 18.3. The van der Waals surface area contributed by atoms with Crippen molar-refractivity contribution in [2.75, 3.05) is 25.6 Å². The van der Waals surface area contributed by atoms with Crippen LogP contribution >= 0.6 is 0 Å². The Morgan fingerprint density at radius 3 is 2.63 bits per heavy atom. The highest BCUT2D eigenvalue weighted by Crippen LogP contribution is 2.28. The minimum Gasteiger partial charge on any atom is -0.493 e. The number of hydrogen-bond donors (Lipinski definition) is 2. The Morgan fingerprint density at radius 1 is 1.13 bits per heavy atom. The van der Waals surface area contributed by atoms with Gasteiger partial charge in [-0.15, -0.1) is 0 Å². The lowest BCUT2D eigenvalue weighted by molar-refractivity contribution is -0.118. The van der Waals surface area contributed by atoms with Gasteiger partial charge in [0.1, 0.15) is 0 Å². The van der Waals surface area contributed by atoms with Gasteiger partial charge in [0.25, 0.3) is 5.91 Å². The fourth-order valence-electron chi connectivity index (χ4n) is 2.65. The van der Waals surface area contributed by atoms with Crippen LogP contribution in [0.25, 0.3) is 6.08 Å². The predicted molar refractivity (Wildman–Crippen MR) is 118 cm³/mol. The normalized spacial score (nSPS) is 11.4. The van der Waals surface area contributed by atoms with Crippen molar-refractivity contribution >= 4 is 27.7 Å². The molecule has 0 aromatic heterocycles. The van der Waals surface area contributed by atoms with Crippen LogP contribution in [0.15, 0.2) is 53.4 Å².